The van der Waals surface area contributed by atoms with Crippen molar-refractivity contribution in [1.29, 1.82) is 0 Å². The molecule has 1 aliphatic rings. The molecule has 164 valence electrons. The van der Waals surface area contributed by atoms with Gasteiger partial charge in [0, 0.05) is 5.56 Å². The lowest BCUT2D eigenvalue weighted by molar-refractivity contribution is -0.133. The number of nitrogen functional groups attached to an aromatic ring is 1. The number of ether oxygens (including phenoxy) is 1. The molecule has 0 unspecified atom stereocenters. The molecule has 11 nitrogen and oxygen atoms in total. The predicted molar refractivity (Wildman–Crippen MR) is 117 cm³/mol. The highest BCUT2D eigenvalue weighted by atomic mass is 16.6. The molecule has 4 atom stereocenters. The van der Waals surface area contributed by atoms with E-state index in [1.165, 1.54) is 17.8 Å². The maximum absolute atomic E-state index is 11.7. The number of aliphatic hydroxyl groups excluding tert-OH is 2. The molecule has 32 heavy (non-hydrogen) atoms. The summed E-state index contributed by atoms with van der Waals surface area (Å²) >= 11 is 0. The first-order valence-electron chi connectivity index (χ1n) is 9.73. The molecule has 5 N–H and O–H groups in total. The van der Waals surface area contributed by atoms with Gasteiger partial charge in [0.25, 0.3) is 0 Å². The molecular weight excluding hydrogens is 414 g/mol. The van der Waals surface area contributed by atoms with Crippen molar-refractivity contribution >= 4 is 34.9 Å². The molecule has 0 bridgehead atoms. The normalized spacial score (nSPS) is 22.8. The van der Waals surface area contributed by atoms with E-state index in [9.17, 15) is 15.0 Å². The third-order valence-electron chi connectivity index (χ3n) is 4.92. The molecular formula is C21H21N7O4. The third kappa shape index (κ3) is 4.02. The lowest BCUT2D eigenvalue weighted by Gasteiger charge is -2.16. The molecule has 1 aliphatic heterocycles. The molecule has 0 saturated carbocycles. The zero-order valence-corrected chi connectivity index (χ0v) is 17.3. The van der Waals surface area contributed by atoms with Crippen molar-refractivity contribution < 1.29 is 19.7 Å². The number of hydrogen-bond acceptors (Lipinski definition) is 10. The van der Waals surface area contributed by atoms with Crippen LogP contribution in [0.1, 0.15) is 31.2 Å². The number of carbonyl (C=O) groups excluding carboxylic acids is 1. The summed E-state index contributed by atoms with van der Waals surface area (Å²) in [6.45, 7) is 3.05. The summed E-state index contributed by atoms with van der Waals surface area (Å²) in [6, 6.07) is 7.50. The van der Waals surface area contributed by atoms with Gasteiger partial charge in [-0.25, -0.2) is 10.4 Å². The number of anilines is 2. The smallest absolute Gasteiger partial charge is 0.247 e. The number of nitrogens with two attached hydrogens (primary N) is 1. The molecule has 0 amide bonds. The second-order valence-electron chi connectivity index (χ2n) is 7.16. The highest BCUT2D eigenvalue weighted by molar-refractivity contribution is 5.84. The van der Waals surface area contributed by atoms with Gasteiger partial charge in [0.15, 0.2) is 23.5 Å². The van der Waals surface area contributed by atoms with Gasteiger partial charge in [0.2, 0.25) is 5.95 Å². The van der Waals surface area contributed by atoms with Crippen molar-refractivity contribution in [3.8, 4) is 11.8 Å². The minimum atomic E-state index is -1.37. The summed E-state index contributed by atoms with van der Waals surface area (Å²) in [4.78, 5) is 24.3. The maximum Gasteiger partial charge on any atom is 0.247 e. The molecule has 0 radical (unpaired) electrons. The van der Waals surface area contributed by atoms with Crippen molar-refractivity contribution in [2.75, 3.05) is 11.2 Å². The number of aliphatic hydroxyl groups is 2. The maximum atomic E-state index is 11.7. The number of imidazole rings is 1. The van der Waals surface area contributed by atoms with Crippen molar-refractivity contribution in [1.82, 2.24) is 19.5 Å². The van der Waals surface area contributed by atoms with E-state index in [0.29, 0.717) is 0 Å². The number of rotatable bonds is 5. The van der Waals surface area contributed by atoms with Crippen LogP contribution in [0.2, 0.25) is 0 Å². The van der Waals surface area contributed by atoms with Gasteiger partial charge in [-0.2, -0.15) is 15.1 Å². The van der Waals surface area contributed by atoms with Crippen LogP contribution in [-0.2, 0) is 9.53 Å². The van der Waals surface area contributed by atoms with E-state index >= 15 is 0 Å². The second kappa shape index (κ2) is 8.72. The largest absolute Gasteiger partial charge is 0.387 e. The summed E-state index contributed by atoms with van der Waals surface area (Å²) in [5.41, 5.74) is 11.0. The van der Waals surface area contributed by atoms with Gasteiger partial charge < -0.3 is 20.7 Å². The highest BCUT2D eigenvalue weighted by Crippen LogP contribution is 2.32. The standard InChI is InChI=1S/C21H21N7O4/c1-3-4-12-5-7-13(8-6-12)9-24-27-21-25-18(22)14-19(26-21)28(10-23-14)20-16(31)15(30)17(32-20)11(2)29/h5-10,15-17,20,30-31H,1-2H3,(H3,22,25,26,27)/b24-9+/t15-,16+,17+,20+/m0/s1. The number of ketones is 1. The van der Waals surface area contributed by atoms with Gasteiger partial charge in [-0.1, -0.05) is 18.1 Å². The Morgan fingerprint density at radius 3 is 2.69 bits per heavy atom. The summed E-state index contributed by atoms with van der Waals surface area (Å²) in [5, 5.41) is 24.6. The number of nitrogens with one attached hydrogen (secondary N) is 1. The molecule has 3 heterocycles. The van der Waals surface area contributed by atoms with Crippen LogP contribution in [0.3, 0.4) is 0 Å². The Labute approximate surface area is 183 Å². The summed E-state index contributed by atoms with van der Waals surface area (Å²) in [5.74, 6) is 5.59. The van der Waals surface area contributed by atoms with E-state index in [1.54, 1.807) is 13.1 Å². The Morgan fingerprint density at radius 1 is 1.28 bits per heavy atom. The minimum Gasteiger partial charge on any atom is -0.387 e. The van der Waals surface area contributed by atoms with Crippen LogP contribution < -0.4 is 11.2 Å². The van der Waals surface area contributed by atoms with E-state index < -0.39 is 30.3 Å². The topological polar surface area (TPSA) is 161 Å². The van der Waals surface area contributed by atoms with E-state index in [0.717, 1.165) is 11.1 Å². The monoisotopic (exact) mass is 435 g/mol. The predicted octanol–water partition coefficient (Wildman–Crippen LogP) is 0.434. The van der Waals surface area contributed by atoms with Crippen LogP contribution in [0.25, 0.3) is 11.2 Å². The average Bonchev–Trinajstić information content (AvgIpc) is 3.31. The number of fused-ring (bicyclic) bond motifs is 1. The number of hydrazone groups is 1. The van der Waals surface area contributed by atoms with Crippen LogP contribution in [0.15, 0.2) is 35.7 Å². The second-order valence-corrected chi connectivity index (χ2v) is 7.16. The molecule has 0 spiro atoms. The van der Waals surface area contributed by atoms with Gasteiger partial charge in [-0.15, -0.1) is 5.92 Å². The van der Waals surface area contributed by atoms with Crippen LogP contribution >= 0.6 is 0 Å². The molecule has 1 saturated heterocycles. The first-order valence-corrected chi connectivity index (χ1v) is 9.73. The summed E-state index contributed by atoms with van der Waals surface area (Å²) < 4.78 is 6.95. The van der Waals surface area contributed by atoms with Crippen LogP contribution in [0.4, 0.5) is 11.8 Å². The molecule has 1 aromatic carbocycles. The summed E-state index contributed by atoms with van der Waals surface area (Å²) in [7, 11) is 0. The van der Waals surface area contributed by atoms with Gasteiger partial charge in [0.1, 0.15) is 23.8 Å². The van der Waals surface area contributed by atoms with Crippen LogP contribution in [0, 0.1) is 11.8 Å². The van der Waals surface area contributed by atoms with Gasteiger partial charge in [0.05, 0.1) is 12.5 Å². The Morgan fingerprint density at radius 2 is 2.03 bits per heavy atom. The number of carbonyl (C=O) groups is 1. The quantitative estimate of drug-likeness (QED) is 0.253. The molecule has 3 aromatic rings. The van der Waals surface area contributed by atoms with Crippen molar-refractivity contribution in [3.05, 3.63) is 41.7 Å². The molecule has 2 aromatic heterocycles. The lowest BCUT2D eigenvalue weighted by Crippen LogP contribution is -2.34. The number of hydrogen-bond donors (Lipinski definition) is 4. The minimum absolute atomic E-state index is 0.0881. The fourth-order valence-electron chi connectivity index (χ4n) is 3.36. The fraction of sp³-hybridized carbons (Fsp3) is 0.286. The van der Waals surface area contributed by atoms with Gasteiger partial charge in [-0.3, -0.25) is 9.36 Å². The first kappa shape index (κ1) is 21.4. The zero-order chi connectivity index (χ0) is 22.8. The van der Waals surface area contributed by atoms with E-state index in [2.05, 4.69) is 37.3 Å². The number of nitrogens with zero attached hydrogens (tertiary/aromatic N) is 5. The van der Waals surface area contributed by atoms with E-state index in [4.69, 9.17) is 10.5 Å². The molecule has 11 heteroatoms. The number of aromatic nitrogens is 4. The number of benzene rings is 1. The number of Topliss-reactive ketones (excluding diaryl/α,β-unsaturated/α-hetero) is 1. The van der Waals surface area contributed by atoms with Crippen molar-refractivity contribution in [2.24, 2.45) is 5.10 Å². The van der Waals surface area contributed by atoms with Gasteiger partial charge in [-0.05, 0) is 31.5 Å². The van der Waals surface area contributed by atoms with Gasteiger partial charge >= 0.3 is 0 Å². The highest BCUT2D eigenvalue weighted by Gasteiger charge is 2.46. The molecule has 1 fully saturated rings. The fourth-order valence-corrected chi connectivity index (χ4v) is 3.36. The summed E-state index contributed by atoms with van der Waals surface area (Å²) in [6.07, 6.45) is -2.00. The lowest BCUT2D eigenvalue weighted by atomic mass is 10.1. The SMILES string of the molecule is CC#Cc1ccc(/C=N/Nc2nc(N)c3ncn([C@@H]4O[C@H](C(C)=O)[C@@H](O)[C@H]4O)c3n2)cc1. The van der Waals surface area contributed by atoms with Crippen molar-refractivity contribution in [3.63, 3.8) is 0 Å². The Bertz CT molecular complexity index is 1240. The Hall–Kier alpha value is -3.85. The Balaban J connectivity index is 1.58. The van der Waals surface area contributed by atoms with Crippen molar-refractivity contribution in [2.45, 2.75) is 38.4 Å². The molecule has 4 rings (SSSR count). The van der Waals surface area contributed by atoms with Crippen LogP contribution in [-0.4, -0.2) is 60.0 Å². The molecule has 0 aliphatic carbocycles. The third-order valence-corrected chi connectivity index (χ3v) is 4.92. The zero-order valence-electron chi connectivity index (χ0n) is 17.3. The first-order chi connectivity index (χ1) is 15.4. The Kier molecular flexibility index (Phi) is 5.83. The van der Waals surface area contributed by atoms with E-state index in [1.807, 2.05) is 24.3 Å². The van der Waals surface area contributed by atoms with Crippen LogP contribution in [0.5, 0.6) is 0 Å². The average molecular weight is 435 g/mol. The van der Waals surface area contributed by atoms with E-state index in [-0.39, 0.29) is 22.9 Å².